The molecule has 1 rings (SSSR count). The van der Waals surface area contributed by atoms with Crippen molar-refractivity contribution in [2.24, 2.45) is 0 Å². The second-order valence-corrected chi connectivity index (χ2v) is 4.38. The van der Waals surface area contributed by atoms with Crippen LogP contribution < -0.4 is 0 Å². The molecule has 0 unspecified atom stereocenters. The first-order valence-electron chi connectivity index (χ1n) is 3.99. The molecule has 4 heteroatoms. The van der Waals surface area contributed by atoms with Crippen LogP contribution in [0.15, 0.2) is 11.1 Å². The first kappa shape index (κ1) is 10.2. The highest BCUT2D eigenvalue weighted by Gasteiger charge is 2.23. The Morgan fingerprint density at radius 3 is 2.33 bits per heavy atom. The summed E-state index contributed by atoms with van der Waals surface area (Å²) in [5.41, 5.74) is 0. The zero-order valence-corrected chi connectivity index (χ0v) is 8.50. The third-order valence-electron chi connectivity index (χ3n) is 1.88. The van der Waals surface area contributed by atoms with Crippen LogP contribution >= 0.6 is 15.9 Å². The smallest absolute Gasteiger partial charge is 0.0692 e. The van der Waals surface area contributed by atoms with Crippen molar-refractivity contribution in [3.05, 3.63) is 11.1 Å². The van der Waals surface area contributed by atoms with Gasteiger partial charge >= 0.3 is 0 Å². The SMILES string of the molecule is C=C(Br)CN1C[C@H](O)C[C@H](O)C1. The second kappa shape index (κ2) is 4.37. The van der Waals surface area contributed by atoms with E-state index in [2.05, 4.69) is 22.5 Å². The fraction of sp³-hybridized carbons (Fsp3) is 0.750. The number of hydrogen-bond donors (Lipinski definition) is 2. The molecule has 0 aromatic heterocycles. The molecular weight excluding hydrogens is 222 g/mol. The van der Waals surface area contributed by atoms with Gasteiger partial charge in [0.05, 0.1) is 12.2 Å². The summed E-state index contributed by atoms with van der Waals surface area (Å²) in [4.78, 5) is 1.98. The highest BCUT2D eigenvalue weighted by molar-refractivity contribution is 9.11. The number of piperidine rings is 1. The fourth-order valence-corrected chi connectivity index (χ4v) is 1.86. The molecule has 1 fully saturated rings. The molecule has 0 amide bonds. The van der Waals surface area contributed by atoms with Crippen LogP contribution in [0.5, 0.6) is 0 Å². The Morgan fingerprint density at radius 1 is 1.42 bits per heavy atom. The maximum absolute atomic E-state index is 9.32. The lowest BCUT2D eigenvalue weighted by Gasteiger charge is -2.32. The van der Waals surface area contributed by atoms with Gasteiger partial charge in [-0.25, -0.2) is 0 Å². The molecule has 0 spiro atoms. The minimum absolute atomic E-state index is 0.402. The van der Waals surface area contributed by atoms with Gasteiger partial charge in [0.1, 0.15) is 0 Å². The minimum Gasteiger partial charge on any atom is -0.392 e. The molecule has 0 aromatic carbocycles. The maximum atomic E-state index is 9.32. The first-order valence-corrected chi connectivity index (χ1v) is 4.79. The first-order chi connectivity index (χ1) is 5.58. The summed E-state index contributed by atoms with van der Waals surface area (Å²) < 4.78 is 0.879. The van der Waals surface area contributed by atoms with E-state index in [9.17, 15) is 10.2 Å². The van der Waals surface area contributed by atoms with Gasteiger partial charge in [0, 0.05) is 30.5 Å². The maximum Gasteiger partial charge on any atom is 0.0692 e. The molecule has 1 aliphatic heterocycles. The van der Waals surface area contributed by atoms with Crippen molar-refractivity contribution in [2.75, 3.05) is 19.6 Å². The number of halogens is 1. The molecule has 1 saturated heterocycles. The van der Waals surface area contributed by atoms with Crippen molar-refractivity contribution in [3.8, 4) is 0 Å². The van der Waals surface area contributed by atoms with Crippen LogP contribution in [0.2, 0.25) is 0 Å². The molecule has 0 aliphatic carbocycles. The topological polar surface area (TPSA) is 43.7 Å². The van der Waals surface area contributed by atoms with Crippen LogP contribution in [0.4, 0.5) is 0 Å². The van der Waals surface area contributed by atoms with Crippen molar-refractivity contribution < 1.29 is 10.2 Å². The number of β-amino-alcohol motifs (C(OH)–C–C–N with tert-alkyl or cyclic N) is 2. The second-order valence-electron chi connectivity index (χ2n) is 3.25. The highest BCUT2D eigenvalue weighted by atomic mass is 79.9. The molecule has 0 aromatic rings. The van der Waals surface area contributed by atoms with E-state index in [0.717, 1.165) is 4.48 Å². The molecule has 0 bridgehead atoms. The molecule has 0 saturated carbocycles. The van der Waals surface area contributed by atoms with E-state index in [1.807, 2.05) is 4.90 Å². The third-order valence-corrected chi connectivity index (χ3v) is 2.13. The van der Waals surface area contributed by atoms with Crippen LogP contribution in [-0.2, 0) is 0 Å². The molecule has 1 heterocycles. The molecule has 70 valence electrons. The predicted octanol–water partition coefficient (Wildman–Crippen LogP) is 0.322. The van der Waals surface area contributed by atoms with Gasteiger partial charge in [-0.3, -0.25) is 4.90 Å². The van der Waals surface area contributed by atoms with Crippen LogP contribution in [-0.4, -0.2) is 47.0 Å². The van der Waals surface area contributed by atoms with Gasteiger partial charge in [0.25, 0.3) is 0 Å². The summed E-state index contributed by atoms with van der Waals surface area (Å²) in [7, 11) is 0. The molecule has 2 atom stereocenters. The molecular formula is C8H14BrNO2. The zero-order valence-electron chi connectivity index (χ0n) is 6.91. The van der Waals surface area contributed by atoms with Crippen molar-refractivity contribution in [2.45, 2.75) is 18.6 Å². The normalized spacial score (nSPS) is 31.9. The monoisotopic (exact) mass is 235 g/mol. The number of rotatable bonds is 2. The number of hydrogen-bond acceptors (Lipinski definition) is 3. The summed E-state index contributed by atoms with van der Waals surface area (Å²) in [6, 6.07) is 0. The summed E-state index contributed by atoms with van der Waals surface area (Å²) in [5.74, 6) is 0. The van der Waals surface area contributed by atoms with E-state index in [4.69, 9.17) is 0 Å². The Labute approximate surface area is 80.8 Å². The van der Waals surface area contributed by atoms with Crippen molar-refractivity contribution in [3.63, 3.8) is 0 Å². The standard InChI is InChI=1S/C8H14BrNO2/c1-6(9)3-10-4-7(11)2-8(12)5-10/h7-8,11-12H,1-5H2/t7-,8+. The van der Waals surface area contributed by atoms with Gasteiger partial charge in [-0.15, -0.1) is 0 Å². The number of nitrogens with zero attached hydrogens (tertiary/aromatic N) is 1. The average Bonchev–Trinajstić information content (AvgIpc) is 1.81. The Bertz CT molecular complexity index is 164. The van der Waals surface area contributed by atoms with Gasteiger partial charge in [-0.2, -0.15) is 0 Å². The number of aliphatic hydroxyl groups is 2. The molecule has 1 aliphatic rings. The number of aliphatic hydroxyl groups excluding tert-OH is 2. The van der Waals surface area contributed by atoms with Gasteiger partial charge in [-0.1, -0.05) is 22.5 Å². The van der Waals surface area contributed by atoms with E-state index in [0.29, 0.717) is 26.1 Å². The lowest BCUT2D eigenvalue weighted by molar-refractivity contribution is -0.00371. The van der Waals surface area contributed by atoms with E-state index >= 15 is 0 Å². The van der Waals surface area contributed by atoms with E-state index < -0.39 is 12.2 Å². The average molecular weight is 236 g/mol. The van der Waals surface area contributed by atoms with Crippen molar-refractivity contribution >= 4 is 15.9 Å². The quantitative estimate of drug-likeness (QED) is 0.725. The van der Waals surface area contributed by atoms with Crippen molar-refractivity contribution in [1.82, 2.24) is 4.90 Å². The molecule has 2 N–H and O–H groups in total. The van der Waals surface area contributed by atoms with E-state index in [1.165, 1.54) is 0 Å². The minimum atomic E-state index is -0.402. The van der Waals surface area contributed by atoms with Crippen LogP contribution in [0, 0.1) is 0 Å². The Kier molecular flexibility index (Phi) is 3.71. The Balaban J connectivity index is 2.38. The van der Waals surface area contributed by atoms with Crippen LogP contribution in [0.1, 0.15) is 6.42 Å². The van der Waals surface area contributed by atoms with Gasteiger partial charge in [-0.05, 0) is 0 Å². The predicted molar refractivity (Wildman–Crippen MR) is 51.1 cm³/mol. The van der Waals surface area contributed by atoms with E-state index in [-0.39, 0.29) is 0 Å². The third kappa shape index (κ3) is 3.23. The lowest BCUT2D eigenvalue weighted by Crippen LogP contribution is -2.45. The van der Waals surface area contributed by atoms with Gasteiger partial charge in [0.15, 0.2) is 0 Å². The van der Waals surface area contributed by atoms with Crippen LogP contribution in [0.25, 0.3) is 0 Å². The lowest BCUT2D eigenvalue weighted by atomic mass is 10.1. The summed E-state index contributed by atoms with van der Waals surface area (Å²) in [6.45, 7) is 5.65. The molecule has 3 nitrogen and oxygen atoms in total. The van der Waals surface area contributed by atoms with Gasteiger partial charge < -0.3 is 10.2 Å². The van der Waals surface area contributed by atoms with E-state index in [1.54, 1.807) is 0 Å². The van der Waals surface area contributed by atoms with Gasteiger partial charge in [0.2, 0.25) is 0 Å². The summed E-state index contributed by atoms with van der Waals surface area (Å²) in [5, 5.41) is 18.6. The summed E-state index contributed by atoms with van der Waals surface area (Å²) >= 11 is 3.25. The Hall–Kier alpha value is 0.1000. The zero-order chi connectivity index (χ0) is 9.14. The Morgan fingerprint density at radius 2 is 1.92 bits per heavy atom. The summed E-state index contributed by atoms with van der Waals surface area (Å²) in [6.07, 6.45) is -0.313. The van der Waals surface area contributed by atoms with Crippen molar-refractivity contribution in [1.29, 1.82) is 0 Å². The van der Waals surface area contributed by atoms with Crippen LogP contribution in [0.3, 0.4) is 0 Å². The fourth-order valence-electron chi connectivity index (χ4n) is 1.51. The molecule has 12 heavy (non-hydrogen) atoms. The molecule has 0 radical (unpaired) electrons. The highest BCUT2D eigenvalue weighted by Crippen LogP contribution is 2.13. The largest absolute Gasteiger partial charge is 0.392 e. The number of likely N-dealkylation sites (tertiary alicyclic amines) is 1.